The summed E-state index contributed by atoms with van der Waals surface area (Å²) in [5.74, 6) is 0.899. The summed E-state index contributed by atoms with van der Waals surface area (Å²) >= 11 is 6.52. The summed E-state index contributed by atoms with van der Waals surface area (Å²) in [5, 5.41) is 0. The molecule has 0 N–H and O–H groups in total. The van der Waals surface area contributed by atoms with E-state index in [9.17, 15) is 0 Å². The summed E-state index contributed by atoms with van der Waals surface area (Å²) in [4.78, 5) is 0.974. The summed E-state index contributed by atoms with van der Waals surface area (Å²) in [5.41, 5.74) is 1.17. The average Bonchev–Trinajstić information content (AvgIpc) is 1.96. The molecule has 0 aliphatic carbocycles. The van der Waals surface area contributed by atoms with Crippen molar-refractivity contribution in [2.24, 2.45) is 0 Å². The zero-order valence-corrected chi connectivity index (χ0v) is 9.44. The Morgan fingerprint density at radius 1 is 1.45 bits per heavy atom. The molecule has 0 aliphatic heterocycles. The predicted octanol–water partition coefficient (Wildman–Crippen LogP) is 2.90. The molecule has 3 heteroatoms. The summed E-state index contributed by atoms with van der Waals surface area (Å²) in [6.45, 7) is 2.03. The smallest absolute Gasteiger partial charge is 0.133 e. The summed E-state index contributed by atoms with van der Waals surface area (Å²) < 4.78 is 6.22. The summed E-state index contributed by atoms with van der Waals surface area (Å²) in [6.07, 6.45) is 0. The molecule has 0 amide bonds. The first kappa shape index (κ1) is 9.19. The second-order valence-electron chi connectivity index (χ2n) is 2.30. The normalized spacial score (nSPS) is 9.82. The summed E-state index contributed by atoms with van der Waals surface area (Å²) in [7, 11) is 1.67. The van der Waals surface area contributed by atoms with Crippen molar-refractivity contribution >= 4 is 35.2 Å². The molecular formula is C8H9IOS. The Balaban J connectivity index is 3.24. The molecule has 0 bridgehead atoms. The van der Waals surface area contributed by atoms with Crippen LogP contribution in [0.25, 0.3) is 0 Å². The fourth-order valence-electron chi connectivity index (χ4n) is 0.866. The highest BCUT2D eigenvalue weighted by Crippen LogP contribution is 2.28. The van der Waals surface area contributed by atoms with Gasteiger partial charge >= 0.3 is 0 Å². The monoisotopic (exact) mass is 280 g/mol. The molecule has 1 rings (SSSR count). The molecule has 0 fully saturated rings. The molecule has 0 unspecified atom stereocenters. The largest absolute Gasteiger partial charge is 0.496 e. The predicted molar refractivity (Wildman–Crippen MR) is 57.7 cm³/mol. The Labute approximate surface area is 85.7 Å². The number of thiol groups is 1. The van der Waals surface area contributed by atoms with Gasteiger partial charge in [-0.05, 0) is 47.2 Å². The lowest BCUT2D eigenvalue weighted by molar-refractivity contribution is 0.410. The minimum absolute atomic E-state index is 0.899. The molecule has 1 aromatic carbocycles. The van der Waals surface area contributed by atoms with Gasteiger partial charge in [0.25, 0.3) is 0 Å². The van der Waals surface area contributed by atoms with Crippen molar-refractivity contribution in [1.82, 2.24) is 0 Å². The van der Waals surface area contributed by atoms with Crippen molar-refractivity contribution < 1.29 is 4.74 Å². The van der Waals surface area contributed by atoms with Crippen molar-refractivity contribution in [3.8, 4) is 5.75 Å². The van der Waals surface area contributed by atoms with Crippen molar-refractivity contribution in [3.63, 3.8) is 0 Å². The van der Waals surface area contributed by atoms with Crippen LogP contribution in [-0.2, 0) is 0 Å². The number of aryl methyl sites for hydroxylation is 1. The van der Waals surface area contributed by atoms with Crippen LogP contribution in [0.4, 0.5) is 0 Å². The number of hydrogen-bond acceptors (Lipinski definition) is 2. The molecule has 0 saturated carbocycles. The Hall–Kier alpha value is 0.1000. The number of benzene rings is 1. The van der Waals surface area contributed by atoms with E-state index >= 15 is 0 Å². The van der Waals surface area contributed by atoms with Crippen molar-refractivity contribution in [2.45, 2.75) is 11.8 Å². The maximum absolute atomic E-state index is 5.15. The second kappa shape index (κ2) is 3.67. The van der Waals surface area contributed by atoms with Crippen LogP contribution in [0.5, 0.6) is 5.75 Å². The van der Waals surface area contributed by atoms with Crippen LogP contribution in [0.2, 0.25) is 0 Å². The SMILES string of the molecule is COc1cc(C)cc(S)c1I. The molecule has 11 heavy (non-hydrogen) atoms. The Morgan fingerprint density at radius 2 is 2.09 bits per heavy atom. The number of hydrogen-bond donors (Lipinski definition) is 1. The molecule has 0 spiro atoms. The van der Waals surface area contributed by atoms with Gasteiger partial charge in [-0.1, -0.05) is 0 Å². The molecular weight excluding hydrogens is 271 g/mol. The molecule has 0 saturated heterocycles. The molecule has 1 aromatic rings. The highest BCUT2D eigenvalue weighted by molar-refractivity contribution is 14.1. The van der Waals surface area contributed by atoms with E-state index in [2.05, 4.69) is 35.2 Å². The van der Waals surface area contributed by atoms with Crippen LogP contribution in [0.3, 0.4) is 0 Å². The number of rotatable bonds is 1. The van der Waals surface area contributed by atoms with Gasteiger partial charge in [-0.3, -0.25) is 0 Å². The average molecular weight is 280 g/mol. The molecule has 0 radical (unpaired) electrons. The van der Waals surface area contributed by atoms with Gasteiger partial charge in [0.1, 0.15) is 5.75 Å². The molecule has 1 nitrogen and oxygen atoms in total. The van der Waals surface area contributed by atoms with Crippen LogP contribution in [0.15, 0.2) is 17.0 Å². The lowest BCUT2D eigenvalue weighted by Gasteiger charge is -2.06. The van der Waals surface area contributed by atoms with Crippen molar-refractivity contribution in [3.05, 3.63) is 21.3 Å². The first-order valence-corrected chi connectivity index (χ1v) is 4.71. The second-order valence-corrected chi connectivity index (χ2v) is 3.86. The minimum atomic E-state index is 0.899. The van der Waals surface area contributed by atoms with E-state index < -0.39 is 0 Å². The van der Waals surface area contributed by atoms with E-state index in [1.165, 1.54) is 5.56 Å². The molecule has 0 heterocycles. The van der Waals surface area contributed by atoms with E-state index in [4.69, 9.17) is 4.74 Å². The standard InChI is InChI=1S/C8H9IOS/c1-5-3-6(10-2)8(9)7(11)4-5/h3-4,11H,1-2H3. The van der Waals surface area contributed by atoms with Crippen molar-refractivity contribution in [2.75, 3.05) is 7.11 Å². The number of halogens is 1. The topological polar surface area (TPSA) is 9.23 Å². The quantitative estimate of drug-likeness (QED) is 0.614. The highest BCUT2D eigenvalue weighted by Gasteiger charge is 2.03. The zero-order chi connectivity index (χ0) is 8.43. The van der Waals surface area contributed by atoms with E-state index in [0.717, 1.165) is 14.2 Å². The van der Waals surface area contributed by atoms with E-state index in [1.54, 1.807) is 7.11 Å². The van der Waals surface area contributed by atoms with Crippen LogP contribution >= 0.6 is 35.2 Å². The van der Waals surface area contributed by atoms with Crippen LogP contribution in [-0.4, -0.2) is 7.11 Å². The van der Waals surface area contributed by atoms with Gasteiger partial charge in [0, 0.05) is 4.90 Å². The van der Waals surface area contributed by atoms with Gasteiger partial charge in [-0.15, -0.1) is 12.6 Å². The number of ether oxygens (including phenoxy) is 1. The lowest BCUT2D eigenvalue weighted by Crippen LogP contribution is -1.88. The fraction of sp³-hybridized carbons (Fsp3) is 0.250. The fourth-order valence-corrected chi connectivity index (χ4v) is 1.71. The lowest BCUT2D eigenvalue weighted by atomic mass is 10.2. The van der Waals surface area contributed by atoms with Crippen molar-refractivity contribution in [1.29, 1.82) is 0 Å². The zero-order valence-electron chi connectivity index (χ0n) is 6.39. The van der Waals surface area contributed by atoms with Crippen LogP contribution in [0.1, 0.15) is 5.56 Å². The first-order valence-electron chi connectivity index (χ1n) is 3.18. The molecule has 60 valence electrons. The Bertz CT molecular complexity index is 273. The Kier molecular flexibility index (Phi) is 3.06. The van der Waals surface area contributed by atoms with Gasteiger partial charge in [0.2, 0.25) is 0 Å². The molecule has 0 aromatic heterocycles. The minimum Gasteiger partial charge on any atom is -0.496 e. The third-order valence-electron chi connectivity index (χ3n) is 1.38. The van der Waals surface area contributed by atoms with E-state index in [-0.39, 0.29) is 0 Å². The van der Waals surface area contributed by atoms with Crippen LogP contribution < -0.4 is 4.74 Å². The maximum Gasteiger partial charge on any atom is 0.133 e. The van der Waals surface area contributed by atoms with Gasteiger partial charge in [-0.2, -0.15) is 0 Å². The third kappa shape index (κ3) is 2.02. The maximum atomic E-state index is 5.15. The highest BCUT2D eigenvalue weighted by atomic mass is 127. The first-order chi connectivity index (χ1) is 5.15. The Morgan fingerprint density at radius 3 is 2.64 bits per heavy atom. The van der Waals surface area contributed by atoms with Gasteiger partial charge in [-0.25, -0.2) is 0 Å². The molecule has 0 atom stereocenters. The number of methoxy groups -OCH3 is 1. The van der Waals surface area contributed by atoms with Gasteiger partial charge < -0.3 is 4.74 Å². The van der Waals surface area contributed by atoms with Gasteiger partial charge in [0.15, 0.2) is 0 Å². The van der Waals surface area contributed by atoms with Crippen LogP contribution in [0, 0.1) is 10.5 Å². The van der Waals surface area contributed by atoms with E-state index in [0.29, 0.717) is 0 Å². The molecule has 0 aliphatic rings. The van der Waals surface area contributed by atoms with E-state index in [1.807, 2.05) is 19.1 Å². The summed E-state index contributed by atoms with van der Waals surface area (Å²) in [6, 6.07) is 4.02. The van der Waals surface area contributed by atoms with Gasteiger partial charge in [0.05, 0.1) is 10.7 Å². The third-order valence-corrected chi connectivity index (χ3v) is 3.28.